The Balaban J connectivity index is 1.52. The quantitative estimate of drug-likeness (QED) is 0.314. The maximum Gasteiger partial charge on any atom is 0.262 e. The van der Waals surface area contributed by atoms with Crippen LogP contribution < -0.4 is 5.32 Å². The van der Waals surface area contributed by atoms with Crippen molar-refractivity contribution in [3.05, 3.63) is 34.9 Å². The molecule has 31 heavy (non-hydrogen) atoms. The summed E-state index contributed by atoms with van der Waals surface area (Å²) in [6, 6.07) is 4.37. The molecule has 0 bridgehead atoms. The summed E-state index contributed by atoms with van der Waals surface area (Å²) in [4.78, 5) is 60.8. The molecule has 0 saturated carbocycles. The van der Waals surface area contributed by atoms with Gasteiger partial charge in [-0.3, -0.25) is 29.4 Å². The van der Waals surface area contributed by atoms with Crippen molar-refractivity contribution in [1.29, 1.82) is 0 Å². The lowest BCUT2D eigenvalue weighted by Crippen LogP contribution is -2.54. The number of aldehydes is 1. The van der Waals surface area contributed by atoms with Crippen LogP contribution in [0.25, 0.3) is 0 Å². The van der Waals surface area contributed by atoms with Gasteiger partial charge in [-0.2, -0.15) is 0 Å². The number of fused-ring (bicyclic) bond motifs is 1. The molecule has 1 saturated heterocycles. The Morgan fingerprint density at radius 2 is 1.58 bits per heavy atom. The second kappa shape index (κ2) is 11.0. The van der Waals surface area contributed by atoms with Gasteiger partial charge in [-0.1, -0.05) is 50.7 Å². The van der Waals surface area contributed by atoms with Crippen LogP contribution >= 0.6 is 0 Å². The Hall–Kier alpha value is -2.83. The van der Waals surface area contributed by atoms with Crippen molar-refractivity contribution < 1.29 is 24.0 Å². The first-order chi connectivity index (χ1) is 15.0. The van der Waals surface area contributed by atoms with Gasteiger partial charge in [0.05, 0.1) is 11.1 Å². The van der Waals surface area contributed by atoms with E-state index < -0.39 is 23.8 Å². The Labute approximate surface area is 182 Å². The summed E-state index contributed by atoms with van der Waals surface area (Å²) in [7, 11) is 0. The van der Waals surface area contributed by atoms with Crippen molar-refractivity contribution in [2.75, 3.05) is 0 Å². The van der Waals surface area contributed by atoms with Crippen LogP contribution in [0, 0.1) is 0 Å². The standard InChI is InChI=1S/C24H30N2O5/c27-16-9-7-5-3-1-2-4-6-8-11-17-12-10-13-18-21(17)24(31)26(23(18)30)19-14-15-20(28)25-22(19)29/h10,12-13,16,19H,1-9,11,14-15H2,(H,25,28,29). The molecule has 0 aliphatic carbocycles. The Morgan fingerprint density at radius 1 is 0.903 bits per heavy atom. The molecule has 1 unspecified atom stereocenters. The van der Waals surface area contributed by atoms with Crippen LogP contribution in [0.2, 0.25) is 0 Å². The van der Waals surface area contributed by atoms with E-state index in [0.29, 0.717) is 24.0 Å². The van der Waals surface area contributed by atoms with Crippen molar-refractivity contribution >= 4 is 29.9 Å². The smallest absolute Gasteiger partial charge is 0.262 e. The van der Waals surface area contributed by atoms with Gasteiger partial charge in [0.25, 0.3) is 11.8 Å². The van der Waals surface area contributed by atoms with E-state index in [-0.39, 0.29) is 18.7 Å². The fraction of sp³-hybridized carbons (Fsp3) is 0.542. The molecular formula is C24H30N2O5. The average molecular weight is 427 g/mol. The minimum Gasteiger partial charge on any atom is -0.303 e. The number of amides is 4. The second-order valence-corrected chi connectivity index (χ2v) is 8.32. The summed E-state index contributed by atoms with van der Waals surface area (Å²) in [6.45, 7) is 0. The van der Waals surface area contributed by atoms with E-state index in [0.717, 1.165) is 61.7 Å². The molecule has 1 aromatic rings. The van der Waals surface area contributed by atoms with E-state index in [1.54, 1.807) is 12.1 Å². The number of hydrogen-bond acceptors (Lipinski definition) is 5. The Morgan fingerprint density at radius 3 is 2.26 bits per heavy atom. The van der Waals surface area contributed by atoms with Crippen molar-refractivity contribution in [3.8, 4) is 0 Å². The van der Waals surface area contributed by atoms with Gasteiger partial charge in [-0.05, 0) is 37.3 Å². The zero-order chi connectivity index (χ0) is 22.2. The lowest BCUT2D eigenvalue weighted by Gasteiger charge is -2.27. The monoisotopic (exact) mass is 426 g/mol. The fourth-order valence-corrected chi connectivity index (χ4v) is 4.40. The van der Waals surface area contributed by atoms with Crippen molar-refractivity contribution in [2.24, 2.45) is 0 Å². The second-order valence-electron chi connectivity index (χ2n) is 8.32. The minimum absolute atomic E-state index is 0.119. The number of imide groups is 2. The lowest BCUT2D eigenvalue weighted by atomic mass is 9.97. The predicted molar refractivity (Wildman–Crippen MR) is 114 cm³/mol. The van der Waals surface area contributed by atoms with Gasteiger partial charge in [0.2, 0.25) is 11.8 Å². The van der Waals surface area contributed by atoms with Crippen molar-refractivity contribution in [3.63, 3.8) is 0 Å². The molecule has 2 aliphatic rings. The molecule has 7 nitrogen and oxygen atoms in total. The van der Waals surface area contributed by atoms with Crippen molar-refractivity contribution in [2.45, 2.75) is 83.1 Å². The van der Waals surface area contributed by atoms with Gasteiger partial charge in [0.1, 0.15) is 12.3 Å². The fourth-order valence-electron chi connectivity index (χ4n) is 4.40. The first-order valence-electron chi connectivity index (χ1n) is 11.3. The number of benzene rings is 1. The van der Waals surface area contributed by atoms with E-state index in [1.807, 2.05) is 6.07 Å². The van der Waals surface area contributed by atoms with Gasteiger partial charge in [-0.15, -0.1) is 0 Å². The summed E-state index contributed by atoms with van der Waals surface area (Å²) >= 11 is 0. The highest BCUT2D eigenvalue weighted by Gasteiger charge is 2.45. The molecule has 1 N–H and O–H groups in total. The van der Waals surface area contributed by atoms with Crippen LogP contribution in [-0.4, -0.2) is 40.9 Å². The zero-order valence-electron chi connectivity index (χ0n) is 17.9. The van der Waals surface area contributed by atoms with E-state index in [4.69, 9.17) is 0 Å². The molecule has 4 amide bonds. The van der Waals surface area contributed by atoms with E-state index in [9.17, 15) is 24.0 Å². The minimum atomic E-state index is -0.926. The first-order valence-corrected chi connectivity index (χ1v) is 11.3. The molecule has 0 aromatic heterocycles. The number of nitrogens with one attached hydrogen (secondary N) is 1. The summed E-state index contributed by atoms with van der Waals surface area (Å²) in [6.07, 6.45) is 11.3. The number of unbranched alkanes of at least 4 members (excludes halogenated alkanes) is 8. The molecule has 2 aliphatic heterocycles. The summed E-state index contributed by atoms with van der Waals surface area (Å²) in [5, 5.41) is 2.22. The highest BCUT2D eigenvalue weighted by molar-refractivity contribution is 6.24. The Kier molecular flexibility index (Phi) is 8.09. The van der Waals surface area contributed by atoms with E-state index in [2.05, 4.69) is 5.32 Å². The van der Waals surface area contributed by atoms with Crippen molar-refractivity contribution in [1.82, 2.24) is 10.2 Å². The SMILES string of the molecule is O=CCCCCCCCCCCc1cccc2c1C(=O)N(C1CCC(=O)NC1=O)C2=O. The lowest BCUT2D eigenvalue weighted by molar-refractivity contribution is -0.136. The summed E-state index contributed by atoms with van der Waals surface area (Å²) in [5.74, 6) is -1.84. The third-order valence-corrected chi connectivity index (χ3v) is 6.07. The highest BCUT2D eigenvalue weighted by atomic mass is 16.2. The number of aryl methyl sites for hydroxylation is 1. The number of nitrogens with zero attached hydrogens (tertiary/aromatic N) is 1. The normalized spacial score (nSPS) is 18.3. The van der Waals surface area contributed by atoms with Gasteiger partial charge >= 0.3 is 0 Å². The Bertz CT molecular complexity index is 864. The molecule has 166 valence electrons. The van der Waals surface area contributed by atoms with Gasteiger partial charge in [0, 0.05) is 12.8 Å². The molecule has 1 aromatic carbocycles. The van der Waals surface area contributed by atoms with Crippen LogP contribution in [-0.2, 0) is 20.8 Å². The average Bonchev–Trinajstić information content (AvgIpc) is 3.01. The molecular weight excluding hydrogens is 396 g/mol. The number of carbonyl (C=O) groups excluding carboxylic acids is 5. The summed E-state index contributed by atoms with van der Waals surface area (Å²) < 4.78 is 0. The maximum absolute atomic E-state index is 13.1. The van der Waals surface area contributed by atoms with Crippen LogP contribution in [0.15, 0.2) is 18.2 Å². The molecule has 0 radical (unpaired) electrons. The predicted octanol–water partition coefficient (Wildman–Crippen LogP) is 3.34. The van der Waals surface area contributed by atoms with Crippen LogP contribution in [0.1, 0.15) is 96.9 Å². The summed E-state index contributed by atoms with van der Waals surface area (Å²) in [5.41, 5.74) is 1.61. The molecule has 0 spiro atoms. The van der Waals surface area contributed by atoms with Crippen LogP contribution in [0.4, 0.5) is 0 Å². The van der Waals surface area contributed by atoms with E-state index >= 15 is 0 Å². The van der Waals surface area contributed by atoms with Gasteiger partial charge in [-0.25, -0.2) is 0 Å². The molecule has 2 heterocycles. The maximum atomic E-state index is 13.1. The molecule has 7 heteroatoms. The van der Waals surface area contributed by atoms with Gasteiger partial charge in [0.15, 0.2) is 0 Å². The largest absolute Gasteiger partial charge is 0.303 e. The van der Waals surface area contributed by atoms with E-state index in [1.165, 1.54) is 6.42 Å². The highest BCUT2D eigenvalue weighted by Crippen LogP contribution is 2.30. The van der Waals surface area contributed by atoms with Crippen LogP contribution in [0.5, 0.6) is 0 Å². The molecule has 3 rings (SSSR count). The third kappa shape index (κ3) is 5.46. The van der Waals surface area contributed by atoms with Gasteiger partial charge < -0.3 is 4.79 Å². The number of rotatable bonds is 12. The third-order valence-electron chi connectivity index (χ3n) is 6.07. The number of hydrogen-bond donors (Lipinski definition) is 1. The first kappa shape index (κ1) is 22.8. The topological polar surface area (TPSA) is 101 Å². The molecule has 1 atom stereocenters. The zero-order valence-corrected chi connectivity index (χ0v) is 17.9. The number of piperidine rings is 1. The number of carbonyl (C=O) groups is 5. The molecule has 1 fully saturated rings. The van der Waals surface area contributed by atoms with Crippen LogP contribution in [0.3, 0.4) is 0 Å².